The number of rotatable bonds is 7. The van der Waals surface area contributed by atoms with Crippen LogP contribution in [0.25, 0.3) is 17.5 Å². The Hall–Kier alpha value is -3.61. The van der Waals surface area contributed by atoms with Gasteiger partial charge in [0.05, 0.1) is 7.11 Å². The fourth-order valence-corrected chi connectivity index (χ4v) is 2.62. The van der Waals surface area contributed by atoms with E-state index in [1.807, 2.05) is 50.3 Å². The molecule has 0 radical (unpaired) electrons. The largest absolute Gasteiger partial charge is 0.493 e. The molecule has 1 aromatic heterocycles. The highest BCUT2D eigenvalue weighted by molar-refractivity contribution is 5.93. The summed E-state index contributed by atoms with van der Waals surface area (Å²) in [5.74, 6) is 1.17. The fourth-order valence-electron chi connectivity index (χ4n) is 2.62. The number of anilines is 1. The smallest absolute Gasteiger partial charge is 0.262 e. The molecule has 0 atom stereocenters. The summed E-state index contributed by atoms with van der Waals surface area (Å²) < 4.78 is 16.2. The zero-order valence-electron chi connectivity index (χ0n) is 15.9. The predicted octanol–water partition coefficient (Wildman–Crippen LogP) is 4.10. The third kappa shape index (κ3) is 4.56. The third-order valence-corrected chi connectivity index (χ3v) is 4.02. The average Bonchev–Trinajstić information content (AvgIpc) is 3.23. The molecule has 144 valence electrons. The van der Waals surface area contributed by atoms with Crippen LogP contribution in [0.3, 0.4) is 0 Å². The highest BCUT2D eigenvalue weighted by atomic mass is 16.5. The second-order valence-electron chi connectivity index (χ2n) is 6.02. The number of carbonyl (C=O) groups is 1. The normalized spacial score (nSPS) is 10.8. The van der Waals surface area contributed by atoms with Crippen LogP contribution in [-0.2, 0) is 4.79 Å². The van der Waals surface area contributed by atoms with Crippen molar-refractivity contribution in [1.29, 1.82) is 0 Å². The van der Waals surface area contributed by atoms with Crippen molar-refractivity contribution >= 4 is 17.7 Å². The number of methoxy groups -OCH3 is 1. The standard InChI is InChI=1S/C21H21N3O4/c1-4-5-15-7-9-18(19(10-15)26-3)27-12-20(25)23-17-11-16(8-6-14(17)2)21-24-22-13-28-21/h4-11,13H,12H2,1-3H3,(H,23,25)/b5-4+. The van der Waals surface area contributed by atoms with Crippen molar-refractivity contribution in [2.24, 2.45) is 0 Å². The first-order valence-corrected chi connectivity index (χ1v) is 8.71. The van der Waals surface area contributed by atoms with Gasteiger partial charge in [0.1, 0.15) is 0 Å². The minimum absolute atomic E-state index is 0.149. The molecule has 0 unspecified atom stereocenters. The zero-order chi connectivity index (χ0) is 19.9. The Morgan fingerprint density at radius 2 is 2.07 bits per heavy atom. The van der Waals surface area contributed by atoms with E-state index in [-0.39, 0.29) is 12.5 Å². The Morgan fingerprint density at radius 3 is 2.79 bits per heavy atom. The van der Waals surface area contributed by atoms with Crippen LogP contribution < -0.4 is 14.8 Å². The topological polar surface area (TPSA) is 86.5 Å². The minimum Gasteiger partial charge on any atom is -0.493 e. The summed E-state index contributed by atoms with van der Waals surface area (Å²) >= 11 is 0. The number of aryl methyl sites for hydroxylation is 1. The Balaban J connectivity index is 1.67. The van der Waals surface area contributed by atoms with Crippen LogP contribution in [0.1, 0.15) is 18.1 Å². The van der Waals surface area contributed by atoms with Gasteiger partial charge in [0.15, 0.2) is 18.1 Å². The molecule has 0 spiro atoms. The number of benzene rings is 2. The average molecular weight is 379 g/mol. The molecule has 2 aromatic carbocycles. The molecule has 1 amide bonds. The molecule has 7 nitrogen and oxygen atoms in total. The first-order chi connectivity index (χ1) is 13.6. The lowest BCUT2D eigenvalue weighted by molar-refractivity contribution is -0.118. The van der Waals surface area contributed by atoms with Crippen molar-refractivity contribution in [2.75, 3.05) is 19.0 Å². The molecule has 0 fully saturated rings. The third-order valence-electron chi connectivity index (χ3n) is 4.02. The summed E-state index contributed by atoms with van der Waals surface area (Å²) in [6.45, 7) is 3.69. The van der Waals surface area contributed by atoms with Crippen molar-refractivity contribution in [1.82, 2.24) is 10.2 Å². The first-order valence-electron chi connectivity index (χ1n) is 8.71. The quantitative estimate of drug-likeness (QED) is 0.665. The summed E-state index contributed by atoms with van der Waals surface area (Å²) in [6, 6.07) is 11.0. The van der Waals surface area contributed by atoms with Gasteiger partial charge in [-0.15, -0.1) is 10.2 Å². The number of carbonyl (C=O) groups excluding carboxylic acids is 1. The molecule has 1 N–H and O–H groups in total. The molecule has 7 heteroatoms. The Morgan fingerprint density at radius 1 is 1.21 bits per heavy atom. The van der Waals surface area contributed by atoms with Crippen molar-refractivity contribution < 1.29 is 18.7 Å². The molecule has 0 saturated carbocycles. The summed E-state index contributed by atoms with van der Waals surface area (Å²) in [6.07, 6.45) is 5.15. The number of aromatic nitrogens is 2. The number of nitrogens with zero attached hydrogens (tertiary/aromatic N) is 2. The molecular weight excluding hydrogens is 358 g/mol. The van der Waals surface area contributed by atoms with Crippen LogP contribution in [-0.4, -0.2) is 29.8 Å². The molecule has 0 saturated heterocycles. The first kappa shape index (κ1) is 19.2. The van der Waals surface area contributed by atoms with E-state index < -0.39 is 0 Å². The van der Waals surface area contributed by atoms with Gasteiger partial charge in [-0.3, -0.25) is 4.79 Å². The maximum atomic E-state index is 12.4. The highest BCUT2D eigenvalue weighted by Crippen LogP contribution is 2.29. The number of hydrogen-bond donors (Lipinski definition) is 1. The Bertz CT molecular complexity index is 981. The van der Waals surface area contributed by atoms with Crippen LogP contribution in [0, 0.1) is 6.92 Å². The number of amides is 1. The molecular formula is C21H21N3O4. The van der Waals surface area contributed by atoms with Gasteiger partial charge in [-0.1, -0.05) is 24.3 Å². The van der Waals surface area contributed by atoms with Gasteiger partial charge in [0, 0.05) is 11.3 Å². The van der Waals surface area contributed by atoms with Crippen LogP contribution >= 0.6 is 0 Å². The summed E-state index contributed by atoms with van der Waals surface area (Å²) in [7, 11) is 1.56. The van der Waals surface area contributed by atoms with Crippen molar-refractivity contribution in [3.8, 4) is 23.0 Å². The highest BCUT2D eigenvalue weighted by Gasteiger charge is 2.11. The van der Waals surface area contributed by atoms with Gasteiger partial charge < -0.3 is 19.2 Å². The second kappa shape index (κ2) is 8.85. The van der Waals surface area contributed by atoms with Crippen LogP contribution in [0.15, 0.2) is 53.3 Å². The molecule has 0 aliphatic rings. The van der Waals surface area contributed by atoms with E-state index in [2.05, 4.69) is 15.5 Å². The molecule has 0 bridgehead atoms. The number of allylic oxidation sites excluding steroid dienone is 1. The fraction of sp³-hybridized carbons (Fsp3) is 0.190. The number of hydrogen-bond acceptors (Lipinski definition) is 6. The zero-order valence-corrected chi connectivity index (χ0v) is 15.9. The lowest BCUT2D eigenvalue weighted by Gasteiger charge is -2.13. The van der Waals surface area contributed by atoms with Crippen molar-refractivity contribution in [3.05, 3.63) is 60.0 Å². The summed E-state index contributed by atoms with van der Waals surface area (Å²) in [5.41, 5.74) is 3.27. The monoisotopic (exact) mass is 379 g/mol. The van der Waals surface area contributed by atoms with Crippen molar-refractivity contribution in [3.63, 3.8) is 0 Å². The second-order valence-corrected chi connectivity index (χ2v) is 6.02. The van der Waals surface area contributed by atoms with E-state index in [1.54, 1.807) is 19.2 Å². The van der Waals surface area contributed by atoms with Crippen LogP contribution in [0.4, 0.5) is 5.69 Å². The molecule has 3 aromatic rings. The van der Waals surface area contributed by atoms with Gasteiger partial charge in [0.2, 0.25) is 12.3 Å². The number of ether oxygens (including phenoxy) is 2. The number of nitrogens with one attached hydrogen (secondary N) is 1. The molecule has 28 heavy (non-hydrogen) atoms. The maximum Gasteiger partial charge on any atom is 0.262 e. The van der Waals surface area contributed by atoms with Gasteiger partial charge in [0.25, 0.3) is 5.91 Å². The lowest BCUT2D eigenvalue weighted by atomic mass is 10.1. The van der Waals surface area contributed by atoms with E-state index in [0.717, 1.165) is 16.7 Å². The van der Waals surface area contributed by atoms with E-state index in [4.69, 9.17) is 13.9 Å². The molecule has 3 rings (SSSR count). The Labute approximate surface area is 163 Å². The summed E-state index contributed by atoms with van der Waals surface area (Å²) in [5, 5.41) is 10.4. The minimum atomic E-state index is -0.287. The SMILES string of the molecule is C/C=C/c1ccc(OCC(=O)Nc2cc(-c3nnco3)ccc2C)c(OC)c1. The van der Waals surface area contributed by atoms with Gasteiger partial charge in [-0.25, -0.2) is 0 Å². The Kier molecular flexibility index (Phi) is 6.06. The van der Waals surface area contributed by atoms with Gasteiger partial charge in [-0.2, -0.15) is 0 Å². The van der Waals surface area contributed by atoms with Crippen LogP contribution in [0.2, 0.25) is 0 Å². The summed E-state index contributed by atoms with van der Waals surface area (Å²) in [4.78, 5) is 12.4. The van der Waals surface area contributed by atoms with E-state index in [0.29, 0.717) is 23.1 Å². The van der Waals surface area contributed by atoms with Crippen molar-refractivity contribution in [2.45, 2.75) is 13.8 Å². The van der Waals surface area contributed by atoms with E-state index >= 15 is 0 Å². The molecule has 0 aliphatic heterocycles. The van der Waals surface area contributed by atoms with E-state index in [1.165, 1.54) is 6.39 Å². The van der Waals surface area contributed by atoms with Gasteiger partial charge >= 0.3 is 0 Å². The lowest BCUT2D eigenvalue weighted by Crippen LogP contribution is -2.20. The predicted molar refractivity (Wildman–Crippen MR) is 106 cm³/mol. The molecule has 1 heterocycles. The molecule has 0 aliphatic carbocycles. The maximum absolute atomic E-state index is 12.4. The van der Waals surface area contributed by atoms with Crippen LogP contribution in [0.5, 0.6) is 11.5 Å². The van der Waals surface area contributed by atoms with Gasteiger partial charge in [-0.05, 0) is 49.2 Å². The van der Waals surface area contributed by atoms with E-state index in [9.17, 15) is 4.79 Å².